The summed E-state index contributed by atoms with van der Waals surface area (Å²) in [5.74, 6) is 1.27. The molecular weight excluding hydrogens is 172 g/mol. The lowest BCUT2D eigenvalue weighted by atomic mass is 10.3. The van der Waals surface area contributed by atoms with Crippen molar-refractivity contribution in [3.05, 3.63) is 30.1 Å². The van der Waals surface area contributed by atoms with E-state index in [0.29, 0.717) is 0 Å². The minimum atomic E-state index is 1.27. The summed E-state index contributed by atoms with van der Waals surface area (Å²) in [6, 6.07) is 8.42. The summed E-state index contributed by atoms with van der Waals surface area (Å²) >= 11 is 0. The van der Waals surface area contributed by atoms with Crippen molar-refractivity contribution in [2.45, 2.75) is 20.8 Å². The van der Waals surface area contributed by atoms with Crippen molar-refractivity contribution in [2.75, 3.05) is 0 Å². The molecule has 2 heteroatoms. The summed E-state index contributed by atoms with van der Waals surface area (Å²) in [6.07, 6.45) is 0. The second-order valence-corrected chi connectivity index (χ2v) is 3.15. The van der Waals surface area contributed by atoms with Gasteiger partial charge in [-0.15, -0.1) is 0 Å². The molecule has 0 radical (unpaired) electrons. The fraction of sp³-hybridized carbons (Fsp3) is 0.417. The molecule has 0 unspecified atom stereocenters. The van der Waals surface area contributed by atoms with Gasteiger partial charge in [0, 0.05) is 6.92 Å². The second kappa shape index (κ2) is 4.27. The molecule has 2 rings (SSSR count). The van der Waals surface area contributed by atoms with Gasteiger partial charge in [-0.2, -0.15) is 0 Å². The highest BCUT2D eigenvalue weighted by Crippen LogP contribution is 2.10. The summed E-state index contributed by atoms with van der Waals surface area (Å²) in [7, 11) is 4.19. The maximum Gasteiger partial charge on any atom is 0.253 e. The van der Waals surface area contributed by atoms with Crippen molar-refractivity contribution < 1.29 is 4.57 Å². The third-order valence-electron chi connectivity index (χ3n) is 2.58. The molecule has 0 atom stereocenters. The van der Waals surface area contributed by atoms with Crippen LogP contribution in [0.1, 0.15) is 19.7 Å². The molecule has 0 saturated carbocycles. The maximum absolute atomic E-state index is 2.20. The molecule has 2 nitrogen and oxygen atoms in total. The average Bonchev–Trinajstić information content (AvgIpc) is 2.48. The molecule has 0 fully saturated rings. The van der Waals surface area contributed by atoms with E-state index in [-0.39, 0.29) is 0 Å². The van der Waals surface area contributed by atoms with Gasteiger partial charge in [-0.1, -0.05) is 26.0 Å². The molecule has 1 heterocycles. The summed E-state index contributed by atoms with van der Waals surface area (Å²) in [4.78, 5) is 0. The number of aryl methyl sites for hydroxylation is 2. The molecule has 2 aromatic rings. The SMILES string of the molecule is CC.Cc1n(C)c2ccccc2[n+]1C. The van der Waals surface area contributed by atoms with Crippen LogP contribution in [0.3, 0.4) is 0 Å². The van der Waals surface area contributed by atoms with Gasteiger partial charge < -0.3 is 0 Å². The lowest BCUT2D eigenvalue weighted by molar-refractivity contribution is -0.652. The van der Waals surface area contributed by atoms with Crippen molar-refractivity contribution in [1.82, 2.24) is 4.57 Å². The molecular formula is C12H19N2+. The van der Waals surface area contributed by atoms with Gasteiger partial charge in [-0.25, -0.2) is 9.13 Å². The monoisotopic (exact) mass is 191 g/mol. The predicted molar refractivity (Wildman–Crippen MR) is 60.2 cm³/mol. The first-order valence-electron chi connectivity index (χ1n) is 5.12. The number of nitrogens with zero attached hydrogens (tertiary/aromatic N) is 2. The van der Waals surface area contributed by atoms with Crippen molar-refractivity contribution in [3.8, 4) is 0 Å². The number of hydrogen-bond donors (Lipinski definition) is 0. The minimum Gasteiger partial charge on any atom is -0.230 e. The van der Waals surface area contributed by atoms with E-state index < -0.39 is 0 Å². The Morgan fingerprint density at radius 2 is 1.71 bits per heavy atom. The van der Waals surface area contributed by atoms with E-state index in [1.807, 2.05) is 13.8 Å². The molecule has 0 saturated heterocycles. The van der Waals surface area contributed by atoms with Crippen LogP contribution in [0.4, 0.5) is 0 Å². The zero-order valence-corrected chi connectivity index (χ0v) is 9.70. The molecule has 0 N–H and O–H groups in total. The normalized spacial score (nSPS) is 9.79. The third-order valence-corrected chi connectivity index (χ3v) is 2.58. The molecule has 0 aliphatic carbocycles. The fourth-order valence-electron chi connectivity index (χ4n) is 1.61. The highest BCUT2D eigenvalue weighted by atomic mass is 15.1. The first kappa shape index (κ1) is 10.8. The van der Waals surface area contributed by atoms with Crippen molar-refractivity contribution in [3.63, 3.8) is 0 Å². The molecule has 0 spiro atoms. The van der Waals surface area contributed by atoms with Gasteiger partial charge in [-0.05, 0) is 12.1 Å². The standard InChI is InChI=1S/C10H13N2.C2H6/c1-8-11(2)9-6-4-5-7-10(9)12(8)3;1-2/h4-7H,1-3H3;1-2H3/q+1;. The Morgan fingerprint density at radius 3 is 2.29 bits per heavy atom. The van der Waals surface area contributed by atoms with Crippen LogP contribution in [0.2, 0.25) is 0 Å². The van der Waals surface area contributed by atoms with Crippen LogP contribution in [0.5, 0.6) is 0 Å². The van der Waals surface area contributed by atoms with Crippen molar-refractivity contribution >= 4 is 11.0 Å². The number of benzene rings is 1. The fourth-order valence-corrected chi connectivity index (χ4v) is 1.61. The Kier molecular flexibility index (Phi) is 3.28. The van der Waals surface area contributed by atoms with E-state index in [1.165, 1.54) is 16.9 Å². The predicted octanol–water partition coefficient (Wildman–Crippen LogP) is 2.34. The lowest BCUT2D eigenvalue weighted by Gasteiger charge is -1.86. The molecule has 1 aromatic heterocycles. The van der Waals surface area contributed by atoms with E-state index >= 15 is 0 Å². The number of para-hydroxylation sites is 2. The molecule has 0 amide bonds. The first-order valence-corrected chi connectivity index (χ1v) is 5.12. The van der Waals surface area contributed by atoms with E-state index in [2.05, 4.69) is 54.4 Å². The van der Waals surface area contributed by atoms with Crippen LogP contribution < -0.4 is 4.57 Å². The van der Waals surface area contributed by atoms with Crippen LogP contribution in [0.15, 0.2) is 24.3 Å². The van der Waals surface area contributed by atoms with Gasteiger partial charge in [0.05, 0.1) is 14.1 Å². The average molecular weight is 191 g/mol. The van der Waals surface area contributed by atoms with Crippen LogP contribution in [-0.4, -0.2) is 4.57 Å². The highest BCUT2D eigenvalue weighted by Gasteiger charge is 2.13. The summed E-state index contributed by atoms with van der Waals surface area (Å²) in [6.45, 7) is 6.12. The van der Waals surface area contributed by atoms with Crippen LogP contribution >= 0.6 is 0 Å². The molecule has 14 heavy (non-hydrogen) atoms. The summed E-state index contributed by atoms with van der Waals surface area (Å²) in [5.41, 5.74) is 2.58. The Morgan fingerprint density at radius 1 is 1.14 bits per heavy atom. The number of aromatic nitrogens is 2. The summed E-state index contributed by atoms with van der Waals surface area (Å²) < 4.78 is 4.41. The van der Waals surface area contributed by atoms with Crippen LogP contribution in [-0.2, 0) is 14.1 Å². The molecule has 0 aliphatic rings. The van der Waals surface area contributed by atoms with Gasteiger partial charge in [-0.3, -0.25) is 0 Å². The Labute approximate surface area is 85.8 Å². The van der Waals surface area contributed by atoms with E-state index in [0.717, 1.165) is 0 Å². The lowest BCUT2D eigenvalue weighted by Crippen LogP contribution is -2.30. The Balaban J connectivity index is 0.000000461. The van der Waals surface area contributed by atoms with Crippen molar-refractivity contribution in [2.24, 2.45) is 14.1 Å². The van der Waals surface area contributed by atoms with Crippen LogP contribution in [0.25, 0.3) is 11.0 Å². The largest absolute Gasteiger partial charge is 0.253 e. The maximum atomic E-state index is 2.20. The number of imidazole rings is 1. The van der Waals surface area contributed by atoms with Crippen molar-refractivity contribution in [1.29, 1.82) is 0 Å². The smallest absolute Gasteiger partial charge is 0.230 e. The Hall–Kier alpha value is -1.31. The number of rotatable bonds is 0. The highest BCUT2D eigenvalue weighted by molar-refractivity contribution is 5.71. The third kappa shape index (κ3) is 1.52. The quantitative estimate of drug-likeness (QED) is 0.565. The molecule has 76 valence electrons. The van der Waals surface area contributed by atoms with Gasteiger partial charge >= 0.3 is 0 Å². The zero-order chi connectivity index (χ0) is 10.7. The Bertz CT molecular complexity index is 388. The minimum absolute atomic E-state index is 1.27. The zero-order valence-electron chi connectivity index (χ0n) is 9.70. The van der Waals surface area contributed by atoms with Gasteiger partial charge in [0.1, 0.15) is 0 Å². The van der Waals surface area contributed by atoms with Gasteiger partial charge in [0.25, 0.3) is 5.82 Å². The second-order valence-electron chi connectivity index (χ2n) is 3.15. The molecule has 0 bridgehead atoms. The number of fused-ring (bicyclic) bond motifs is 1. The molecule has 1 aromatic carbocycles. The first-order chi connectivity index (χ1) is 6.72. The number of hydrogen-bond acceptors (Lipinski definition) is 0. The topological polar surface area (TPSA) is 8.81 Å². The van der Waals surface area contributed by atoms with Gasteiger partial charge in [0.15, 0.2) is 11.0 Å². The summed E-state index contributed by atoms with van der Waals surface area (Å²) in [5, 5.41) is 0. The van der Waals surface area contributed by atoms with E-state index in [1.54, 1.807) is 0 Å². The van der Waals surface area contributed by atoms with Crippen LogP contribution in [0, 0.1) is 6.92 Å². The van der Waals surface area contributed by atoms with Gasteiger partial charge in [0.2, 0.25) is 0 Å². The van der Waals surface area contributed by atoms with E-state index in [9.17, 15) is 0 Å². The van der Waals surface area contributed by atoms with E-state index in [4.69, 9.17) is 0 Å². The molecule has 0 aliphatic heterocycles.